The first-order valence-electron chi connectivity index (χ1n) is 11.7. The molecule has 2 aromatic rings. The zero-order valence-electron chi connectivity index (χ0n) is 19.8. The highest BCUT2D eigenvalue weighted by atomic mass is 32.2. The van der Waals surface area contributed by atoms with Gasteiger partial charge < -0.3 is 14.3 Å². The van der Waals surface area contributed by atoms with Gasteiger partial charge in [0.1, 0.15) is 0 Å². The Bertz CT molecular complexity index is 1140. The van der Waals surface area contributed by atoms with E-state index in [1.165, 1.54) is 16.4 Å². The van der Waals surface area contributed by atoms with Gasteiger partial charge in [-0.2, -0.15) is 9.29 Å². The van der Waals surface area contributed by atoms with Crippen LogP contribution in [0.1, 0.15) is 50.7 Å². The van der Waals surface area contributed by atoms with Crippen LogP contribution in [0.15, 0.2) is 33.7 Å². The number of carbonyl (C=O) groups is 2. The van der Waals surface area contributed by atoms with Gasteiger partial charge in [-0.15, -0.1) is 0 Å². The summed E-state index contributed by atoms with van der Waals surface area (Å²) in [6.07, 6.45) is 1.87. The summed E-state index contributed by atoms with van der Waals surface area (Å²) in [5.74, 6) is 0.549. The molecule has 2 saturated heterocycles. The average molecular weight is 490 g/mol. The molecule has 2 amide bonds. The van der Waals surface area contributed by atoms with Gasteiger partial charge >= 0.3 is 0 Å². The van der Waals surface area contributed by atoms with Gasteiger partial charge in [0.15, 0.2) is 5.82 Å². The van der Waals surface area contributed by atoms with E-state index in [9.17, 15) is 18.0 Å². The van der Waals surface area contributed by atoms with E-state index in [0.29, 0.717) is 43.6 Å². The molecule has 0 unspecified atom stereocenters. The Balaban J connectivity index is 1.43. The number of amides is 2. The van der Waals surface area contributed by atoms with Gasteiger partial charge in [0, 0.05) is 57.7 Å². The van der Waals surface area contributed by atoms with Crippen LogP contribution in [0, 0.1) is 12.8 Å². The van der Waals surface area contributed by atoms with Gasteiger partial charge in [-0.3, -0.25) is 9.59 Å². The first-order chi connectivity index (χ1) is 16.2. The van der Waals surface area contributed by atoms with Crippen LogP contribution < -0.4 is 4.90 Å². The second kappa shape index (κ2) is 9.83. The lowest BCUT2D eigenvalue weighted by Gasteiger charge is -2.33. The summed E-state index contributed by atoms with van der Waals surface area (Å²) in [6, 6.07) is 6.31. The lowest BCUT2D eigenvalue weighted by Crippen LogP contribution is -2.43. The third kappa shape index (κ3) is 4.72. The molecular weight excluding hydrogens is 458 g/mol. The predicted octanol–water partition coefficient (Wildman–Crippen LogP) is 2.17. The molecule has 11 heteroatoms. The molecule has 3 heterocycles. The van der Waals surface area contributed by atoms with Gasteiger partial charge in [-0.25, -0.2) is 8.42 Å². The average Bonchev–Trinajstić information content (AvgIpc) is 3.45. The van der Waals surface area contributed by atoms with Crippen LogP contribution in [0.2, 0.25) is 0 Å². The zero-order chi connectivity index (χ0) is 24.5. The number of sulfonamides is 1. The van der Waals surface area contributed by atoms with Crippen LogP contribution in [0.5, 0.6) is 0 Å². The van der Waals surface area contributed by atoms with Crippen LogP contribution >= 0.6 is 0 Å². The summed E-state index contributed by atoms with van der Waals surface area (Å²) in [4.78, 5) is 33.8. The van der Waals surface area contributed by atoms with Crippen LogP contribution in [-0.4, -0.2) is 72.3 Å². The Morgan fingerprint density at radius 2 is 1.88 bits per heavy atom. The highest BCUT2D eigenvalue weighted by Gasteiger charge is 2.39. The third-order valence-electron chi connectivity index (χ3n) is 6.61. The Kier molecular flexibility index (Phi) is 7.04. The highest BCUT2D eigenvalue weighted by molar-refractivity contribution is 7.89. The fraction of sp³-hybridized carbons (Fsp3) is 0.565. The van der Waals surface area contributed by atoms with Crippen molar-refractivity contribution in [2.45, 2.75) is 50.8 Å². The Morgan fingerprint density at radius 3 is 2.50 bits per heavy atom. The van der Waals surface area contributed by atoms with Crippen LogP contribution in [0.25, 0.3) is 0 Å². The molecule has 2 atom stereocenters. The molecule has 0 bridgehead atoms. The fourth-order valence-corrected chi connectivity index (χ4v) is 6.22. The van der Waals surface area contributed by atoms with Crippen molar-refractivity contribution in [1.29, 1.82) is 0 Å². The lowest BCUT2D eigenvalue weighted by molar-refractivity contribution is -0.137. The molecule has 1 aromatic carbocycles. The van der Waals surface area contributed by atoms with Gasteiger partial charge in [-0.1, -0.05) is 19.0 Å². The van der Waals surface area contributed by atoms with E-state index >= 15 is 0 Å². The number of anilines is 1. The number of likely N-dealkylation sites (tertiary alicyclic amines) is 1. The second-order valence-corrected chi connectivity index (χ2v) is 10.7. The molecule has 0 radical (unpaired) electrons. The molecule has 2 fully saturated rings. The monoisotopic (exact) mass is 489 g/mol. The van der Waals surface area contributed by atoms with E-state index in [2.05, 4.69) is 10.1 Å². The Morgan fingerprint density at radius 1 is 1.18 bits per heavy atom. The minimum absolute atomic E-state index is 0.0312. The fourth-order valence-electron chi connectivity index (χ4n) is 4.76. The topological polar surface area (TPSA) is 117 Å². The van der Waals surface area contributed by atoms with Crippen molar-refractivity contribution in [3.8, 4) is 0 Å². The number of benzene rings is 1. The molecule has 2 aliphatic heterocycles. The van der Waals surface area contributed by atoms with Crippen molar-refractivity contribution in [3.05, 3.63) is 36.0 Å². The quantitative estimate of drug-likeness (QED) is 0.585. The van der Waals surface area contributed by atoms with Crippen molar-refractivity contribution < 1.29 is 22.5 Å². The molecule has 184 valence electrons. The van der Waals surface area contributed by atoms with Crippen molar-refractivity contribution in [2.24, 2.45) is 5.92 Å². The molecule has 0 aliphatic carbocycles. The molecule has 1 aromatic heterocycles. The highest BCUT2D eigenvalue weighted by Crippen LogP contribution is 2.31. The summed E-state index contributed by atoms with van der Waals surface area (Å²) in [7, 11) is -3.57. The van der Waals surface area contributed by atoms with E-state index in [1.54, 1.807) is 42.7 Å². The minimum atomic E-state index is -3.57. The Labute approximate surface area is 199 Å². The molecule has 34 heavy (non-hydrogen) atoms. The summed E-state index contributed by atoms with van der Waals surface area (Å²) < 4.78 is 31.9. The normalized spacial score (nSPS) is 21.5. The summed E-state index contributed by atoms with van der Waals surface area (Å²) >= 11 is 0. The second-order valence-electron chi connectivity index (χ2n) is 8.78. The number of carbonyl (C=O) groups excluding carboxylic acids is 2. The van der Waals surface area contributed by atoms with Crippen LogP contribution in [0.3, 0.4) is 0 Å². The number of hydrogen-bond acceptors (Lipinski definition) is 7. The summed E-state index contributed by atoms with van der Waals surface area (Å²) in [5.41, 5.74) is 0.595. The lowest BCUT2D eigenvalue weighted by atomic mass is 9.95. The van der Waals surface area contributed by atoms with Crippen LogP contribution in [-0.2, 0) is 19.6 Å². The number of hydrogen-bond donors (Lipinski definition) is 0. The van der Waals surface area contributed by atoms with Gasteiger partial charge in [0.05, 0.1) is 10.8 Å². The summed E-state index contributed by atoms with van der Waals surface area (Å²) in [6.45, 7) is 7.55. The number of aryl methyl sites for hydroxylation is 1. The van der Waals surface area contributed by atoms with E-state index < -0.39 is 15.9 Å². The molecule has 0 N–H and O–H groups in total. The molecule has 10 nitrogen and oxygen atoms in total. The number of piperidine rings is 1. The van der Waals surface area contributed by atoms with E-state index in [4.69, 9.17) is 4.52 Å². The number of rotatable bonds is 7. The third-order valence-corrected chi connectivity index (χ3v) is 8.67. The van der Waals surface area contributed by atoms with Gasteiger partial charge in [-0.05, 0) is 37.1 Å². The molecule has 4 rings (SSSR count). The Hall–Kier alpha value is -2.79. The molecular formula is C23H31N5O5S. The smallest absolute Gasteiger partial charge is 0.243 e. The number of aromatic nitrogens is 2. The first kappa shape index (κ1) is 24.3. The van der Waals surface area contributed by atoms with Crippen molar-refractivity contribution in [3.63, 3.8) is 0 Å². The van der Waals surface area contributed by atoms with Gasteiger partial charge in [0.2, 0.25) is 27.7 Å². The maximum Gasteiger partial charge on any atom is 0.243 e. The predicted molar refractivity (Wildman–Crippen MR) is 125 cm³/mol. The van der Waals surface area contributed by atoms with E-state index in [0.717, 1.165) is 12.8 Å². The van der Waals surface area contributed by atoms with Crippen molar-refractivity contribution >= 4 is 27.5 Å². The molecule has 0 spiro atoms. The minimum Gasteiger partial charge on any atom is -0.342 e. The maximum atomic E-state index is 13.2. The largest absolute Gasteiger partial charge is 0.342 e. The van der Waals surface area contributed by atoms with E-state index in [1.807, 2.05) is 0 Å². The standard InChI is InChI=1S/C23H31N5O5S/c1-4-27(5-2)34(31,32)20-10-8-19(9-11-20)28-15-18(13-21(28)29)23(30)26-12-6-7-17(14-26)22-24-16(3)33-25-22/h8-11,17-18H,4-7,12-15H2,1-3H3/t17-,18+/m0/s1. The zero-order valence-corrected chi connectivity index (χ0v) is 20.6. The maximum absolute atomic E-state index is 13.2. The SMILES string of the molecule is CCN(CC)S(=O)(=O)c1ccc(N2C[C@H](C(=O)N3CCC[C@H](c4noc(C)n4)C3)CC2=O)cc1. The van der Waals surface area contributed by atoms with Crippen LogP contribution in [0.4, 0.5) is 5.69 Å². The summed E-state index contributed by atoms with van der Waals surface area (Å²) in [5, 5.41) is 4.01. The molecule has 0 saturated carbocycles. The number of nitrogens with zero attached hydrogens (tertiary/aromatic N) is 5. The van der Waals surface area contributed by atoms with Crippen molar-refractivity contribution in [1.82, 2.24) is 19.3 Å². The van der Waals surface area contributed by atoms with Gasteiger partial charge in [0.25, 0.3) is 0 Å². The first-order valence-corrected chi connectivity index (χ1v) is 13.2. The van der Waals surface area contributed by atoms with Crippen molar-refractivity contribution in [2.75, 3.05) is 37.6 Å². The van der Waals surface area contributed by atoms with E-state index in [-0.39, 0.29) is 35.6 Å². The molecule has 2 aliphatic rings.